The Morgan fingerprint density at radius 1 is 1.36 bits per heavy atom. The molecule has 0 heterocycles. The van der Waals surface area contributed by atoms with Crippen molar-refractivity contribution in [3.05, 3.63) is 0 Å². The van der Waals surface area contributed by atoms with E-state index in [4.69, 9.17) is 5.26 Å². The summed E-state index contributed by atoms with van der Waals surface area (Å²) in [7, 11) is 2.16. The van der Waals surface area contributed by atoms with E-state index in [1.807, 2.05) is 27.0 Å². The monoisotopic (exact) mass is 176 g/mol. The number of hydrogen-bond acceptors (Lipinski definition) is 3. The minimum atomic E-state index is 0.782. The van der Waals surface area contributed by atoms with Gasteiger partial charge >= 0.3 is 0 Å². The molecule has 1 atom stereocenters. The van der Waals surface area contributed by atoms with Crippen molar-refractivity contribution in [2.75, 3.05) is 19.7 Å². The topological polar surface area (TPSA) is 36.3 Å². The highest BCUT2D eigenvalue weighted by Gasteiger charge is 1.87. The highest BCUT2D eigenvalue weighted by molar-refractivity contribution is 7.09. The van der Waals surface area contributed by atoms with Gasteiger partial charge in [0.05, 0.1) is 0 Å². The Balaban J connectivity index is 0. The van der Waals surface area contributed by atoms with Crippen molar-refractivity contribution >= 4 is 9.47 Å². The van der Waals surface area contributed by atoms with Crippen LogP contribution in [0, 0.1) is 11.5 Å². The van der Waals surface area contributed by atoms with Crippen LogP contribution in [0.25, 0.3) is 0 Å². The minimum Gasteiger partial charge on any atom is -0.366 e. The summed E-state index contributed by atoms with van der Waals surface area (Å²) in [5.74, 6) is 0. The third kappa shape index (κ3) is 12.8. The van der Waals surface area contributed by atoms with E-state index in [0.29, 0.717) is 0 Å². The van der Waals surface area contributed by atoms with Crippen LogP contribution in [-0.2, 0) is 4.52 Å². The van der Waals surface area contributed by atoms with Crippen LogP contribution in [0.2, 0.25) is 0 Å². The molecule has 0 saturated heterocycles. The first kappa shape index (κ1) is 13.3. The van der Waals surface area contributed by atoms with Crippen molar-refractivity contribution in [2.24, 2.45) is 0 Å². The van der Waals surface area contributed by atoms with E-state index in [2.05, 4.69) is 14.0 Å². The summed E-state index contributed by atoms with van der Waals surface area (Å²) in [5, 5.41) is 8.20. The molecule has 11 heavy (non-hydrogen) atoms. The highest BCUT2D eigenvalue weighted by Crippen LogP contribution is 1.78. The minimum absolute atomic E-state index is 0.782. The van der Waals surface area contributed by atoms with Crippen LogP contribution in [-0.4, -0.2) is 24.6 Å². The molecule has 0 amide bonds. The summed E-state index contributed by atoms with van der Waals surface area (Å²) in [6.45, 7) is 8.30. The lowest BCUT2D eigenvalue weighted by molar-refractivity contribution is 0.400. The largest absolute Gasteiger partial charge is 0.366 e. The molecule has 4 heteroatoms. The summed E-state index contributed by atoms with van der Waals surface area (Å²) in [6.07, 6.45) is 2.03. The van der Waals surface area contributed by atoms with Gasteiger partial charge in [0.2, 0.25) is 0 Å². The van der Waals surface area contributed by atoms with Gasteiger partial charge in [-0.05, 0) is 20.8 Å². The summed E-state index contributed by atoms with van der Waals surface area (Å²) in [5.41, 5.74) is 0. The van der Waals surface area contributed by atoms with E-state index in [9.17, 15) is 0 Å². The van der Waals surface area contributed by atoms with Gasteiger partial charge in [-0.1, -0.05) is 0 Å². The molecule has 0 aliphatic carbocycles. The van der Waals surface area contributed by atoms with E-state index in [0.717, 1.165) is 19.7 Å². The van der Waals surface area contributed by atoms with Gasteiger partial charge in [-0.25, -0.2) is 0 Å². The number of hydrogen-bond donors (Lipinski definition) is 0. The van der Waals surface area contributed by atoms with Crippen LogP contribution in [0.3, 0.4) is 0 Å². The Morgan fingerprint density at radius 2 is 1.73 bits per heavy atom. The van der Waals surface area contributed by atoms with Crippen molar-refractivity contribution in [3.8, 4) is 6.19 Å². The first-order chi connectivity index (χ1) is 5.26. The van der Waals surface area contributed by atoms with Gasteiger partial charge in [0.25, 0.3) is 0 Å². The van der Waals surface area contributed by atoms with Crippen LogP contribution in [0.15, 0.2) is 0 Å². The SMILES string of the molecule is CCN(C#N)CC.CCOP. The Labute approximate surface area is 71.6 Å². The maximum absolute atomic E-state index is 8.20. The lowest BCUT2D eigenvalue weighted by atomic mass is 10.6. The van der Waals surface area contributed by atoms with Crippen LogP contribution in [0.5, 0.6) is 0 Å². The third-order valence-electron chi connectivity index (χ3n) is 1.07. The van der Waals surface area contributed by atoms with E-state index >= 15 is 0 Å². The first-order valence-electron chi connectivity index (χ1n) is 3.73. The van der Waals surface area contributed by atoms with Crippen LogP contribution in [0.1, 0.15) is 20.8 Å². The van der Waals surface area contributed by atoms with Gasteiger partial charge in [-0.3, -0.25) is 0 Å². The lowest BCUT2D eigenvalue weighted by Crippen LogP contribution is -2.15. The lowest BCUT2D eigenvalue weighted by Gasteiger charge is -2.06. The second-order valence-corrected chi connectivity index (χ2v) is 2.06. The standard InChI is InChI=1S/C5H10N2.C2H7OP/c1-3-7(4-2)5-6;1-2-3-4/h3-4H2,1-2H3;2,4H2,1H3. The van der Waals surface area contributed by atoms with Crippen molar-refractivity contribution < 1.29 is 4.52 Å². The fraction of sp³-hybridized carbons (Fsp3) is 0.857. The average molecular weight is 176 g/mol. The van der Waals surface area contributed by atoms with Crippen molar-refractivity contribution in [3.63, 3.8) is 0 Å². The predicted molar refractivity (Wildman–Crippen MR) is 49.9 cm³/mol. The van der Waals surface area contributed by atoms with E-state index in [1.54, 1.807) is 4.90 Å². The highest BCUT2D eigenvalue weighted by atomic mass is 31.0. The fourth-order valence-electron chi connectivity index (χ4n) is 0.365. The molecule has 0 aromatic rings. The van der Waals surface area contributed by atoms with Crippen molar-refractivity contribution in [1.29, 1.82) is 5.26 Å². The van der Waals surface area contributed by atoms with Crippen molar-refractivity contribution in [2.45, 2.75) is 20.8 Å². The molecule has 3 nitrogen and oxygen atoms in total. The first-order valence-corrected chi connectivity index (χ1v) is 4.20. The molecule has 0 rings (SSSR count). The molecule has 0 N–H and O–H groups in total. The second-order valence-electron chi connectivity index (χ2n) is 1.73. The molecule has 66 valence electrons. The predicted octanol–water partition coefficient (Wildman–Crippen LogP) is 1.62. The number of nitrogens with zero attached hydrogens (tertiary/aromatic N) is 2. The number of nitriles is 1. The maximum atomic E-state index is 8.20. The van der Waals surface area contributed by atoms with E-state index in [-0.39, 0.29) is 0 Å². The van der Waals surface area contributed by atoms with Crippen molar-refractivity contribution in [1.82, 2.24) is 4.90 Å². The average Bonchev–Trinajstić information content (AvgIpc) is 2.08. The molecule has 0 aliphatic heterocycles. The molecule has 1 unspecified atom stereocenters. The molecule has 0 radical (unpaired) electrons. The van der Waals surface area contributed by atoms with Gasteiger partial charge in [0.1, 0.15) is 0 Å². The van der Waals surface area contributed by atoms with E-state index in [1.165, 1.54) is 0 Å². The quantitative estimate of drug-likeness (QED) is 0.372. The van der Waals surface area contributed by atoms with E-state index < -0.39 is 0 Å². The summed E-state index contributed by atoms with van der Waals surface area (Å²) in [6, 6.07) is 0. The van der Waals surface area contributed by atoms with Crippen LogP contribution in [0.4, 0.5) is 0 Å². The van der Waals surface area contributed by atoms with Gasteiger partial charge in [0.15, 0.2) is 6.19 Å². The summed E-state index contributed by atoms with van der Waals surface area (Å²) >= 11 is 0. The summed E-state index contributed by atoms with van der Waals surface area (Å²) in [4.78, 5) is 1.68. The molecule has 0 fully saturated rings. The van der Waals surface area contributed by atoms with Gasteiger partial charge in [-0.15, -0.1) is 0 Å². The molecule has 0 spiro atoms. The zero-order valence-corrected chi connectivity index (χ0v) is 8.66. The molecule has 0 bridgehead atoms. The normalized spacial score (nSPS) is 7.55. The Hall–Kier alpha value is -0.320. The molecule has 0 aliphatic rings. The zero-order chi connectivity index (χ0) is 9.11. The molecule has 0 saturated carbocycles. The maximum Gasteiger partial charge on any atom is 0.179 e. The van der Waals surface area contributed by atoms with Gasteiger partial charge in [-0.2, -0.15) is 5.26 Å². The number of rotatable bonds is 3. The third-order valence-corrected chi connectivity index (χ3v) is 1.40. The zero-order valence-electron chi connectivity index (χ0n) is 7.50. The molecular weight excluding hydrogens is 159 g/mol. The smallest absolute Gasteiger partial charge is 0.179 e. The van der Waals surface area contributed by atoms with Gasteiger partial charge < -0.3 is 9.42 Å². The molecular formula is C7H17N2OP. The van der Waals surface area contributed by atoms with Gasteiger partial charge in [0, 0.05) is 29.2 Å². The molecule has 0 aromatic carbocycles. The Morgan fingerprint density at radius 3 is 1.73 bits per heavy atom. The van der Waals surface area contributed by atoms with Crippen LogP contribution < -0.4 is 0 Å². The summed E-state index contributed by atoms with van der Waals surface area (Å²) < 4.78 is 4.46. The fourth-order valence-corrected chi connectivity index (χ4v) is 0.365. The van der Waals surface area contributed by atoms with Crippen LogP contribution >= 0.6 is 9.47 Å². The Bertz CT molecular complexity index is 97.1. The Kier molecular flexibility index (Phi) is 14.9. The molecule has 0 aromatic heterocycles. The second kappa shape index (κ2) is 12.4.